The second kappa shape index (κ2) is 6.53. The fraction of sp³-hybridized carbons (Fsp3) is 0.429. The smallest absolute Gasteiger partial charge is 0.229 e. The van der Waals surface area contributed by atoms with E-state index in [2.05, 4.69) is 38.0 Å². The number of aromatic nitrogens is 3. The summed E-state index contributed by atoms with van der Waals surface area (Å²) in [7, 11) is 1.81. The maximum Gasteiger partial charge on any atom is 0.229 e. The predicted molar refractivity (Wildman–Crippen MR) is 90.4 cm³/mol. The van der Waals surface area contributed by atoms with Crippen molar-refractivity contribution in [1.29, 1.82) is 0 Å². The standard InChI is InChI=1S/C14H17N5OS2/c1-8-10(12-18-19-13(15-2)22-12)21-14(16-8)17-11(20)9-6-4-3-5-7-9/h3-4,9H,5-7H2,1-2H3,(H,15,19)(H,16,17,20). The molecule has 1 amide bonds. The molecule has 2 N–H and O–H groups in total. The van der Waals surface area contributed by atoms with Crippen LogP contribution in [-0.2, 0) is 4.79 Å². The van der Waals surface area contributed by atoms with Gasteiger partial charge in [-0.1, -0.05) is 34.8 Å². The van der Waals surface area contributed by atoms with Gasteiger partial charge in [-0.05, 0) is 26.2 Å². The first kappa shape index (κ1) is 15.1. The van der Waals surface area contributed by atoms with Crippen molar-refractivity contribution in [3.8, 4) is 9.88 Å². The van der Waals surface area contributed by atoms with Crippen LogP contribution >= 0.6 is 22.7 Å². The molecule has 0 saturated carbocycles. The van der Waals surface area contributed by atoms with Crippen LogP contribution in [-0.4, -0.2) is 28.1 Å². The van der Waals surface area contributed by atoms with E-state index < -0.39 is 0 Å². The molecular weight excluding hydrogens is 318 g/mol. The molecule has 1 aliphatic rings. The van der Waals surface area contributed by atoms with Crippen LogP contribution in [0.5, 0.6) is 0 Å². The lowest BCUT2D eigenvalue weighted by Crippen LogP contribution is -2.23. The van der Waals surface area contributed by atoms with Crippen LogP contribution in [0, 0.1) is 12.8 Å². The summed E-state index contributed by atoms with van der Waals surface area (Å²) in [5, 5.41) is 16.3. The second-order valence-corrected chi connectivity index (χ2v) is 7.04. The fourth-order valence-corrected chi connectivity index (χ4v) is 4.09. The van der Waals surface area contributed by atoms with Crippen molar-refractivity contribution in [1.82, 2.24) is 15.2 Å². The van der Waals surface area contributed by atoms with Crippen LogP contribution in [0.3, 0.4) is 0 Å². The monoisotopic (exact) mass is 335 g/mol. The van der Waals surface area contributed by atoms with E-state index in [4.69, 9.17) is 0 Å². The first-order valence-electron chi connectivity index (χ1n) is 7.12. The van der Waals surface area contributed by atoms with Crippen molar-refractivity contribution in [3.05, 3.63) is 17.8 Å². The van der Waals surface area contributed by atoms with Gasteiger partial charge in [-0.15, -0.1) is 10.2 Å². The number of hydrogen-bond donors (Lipinski definition) is 2. The lowest BCUT2D eigenvalue weighted by Gasteiger charge is -2.15. The lowest BCUT2D eigenvalue weighted by molar-refractivity contribution is -0.120. The fourth-order valence-electron chi connectivity index (χ4n) is 2.30. The molecule has 2 aromatic rings. The SMILES string of the molecule is CNc1nnc(-c2sc(NC(=O)C3CC=CCC3)nc2C)s1. The van der Waals surface area contributed by atoms with Crippen molar-refractivity contribution in [2.24, 2.45) is 5.92 Å². The maximum absolute atomic E-state index is 12.3. The molecular formula is C14H17N5OS2. The summed E-state index contributed by atoms with van der Waals surface area (Å²) in [6.07, 6.45) is 6.89. The summed E-state index contributed by atoms with van der Waals surface area (Å²) < 4.78 is 0. The highest BCUT2D eigenvalue weighted by atomic mass is 32.1. The van der Waals surface area contributed by atoms with Crippen molar-refractivity contribution >= 4 is 38.8 Å². The van der Waals surface area contributed by atoms with E-state index in [1.165, 1.54) is 22.7 Å². The summed E-state index contributed by atoms with van der Waals surface area (Å²) in [4.78, 5) is 17.7. The van der Waals surface area contributed by atoms with Crippen LogP contribution in [0.1, 0.15) is 25.0 Å². The molecule has 1 aliphatic carbocycles. The van der Waals surface area contributed by atoms with Crippen molar-refractivity contribution in [2.75, 3.05) is 17.7 Å². The number of carbonyl (C=O) groups excluding carboxylic acids is 1. The van der Waals surface area contributed by atoms with E-state index in [1.807, 2.05) is 14.0 Å². The van der Waals surface area contributed by atoms with E-state index in [-0.39, 0.29) is 11.8 Å². The molecule has 0 radical (unpaired) electrons. The molecule has 1 unspecified atom stereocenters. The Morgan fingerprint density at radius 1 is 1.27 bits per heavy atom. The number of nitrogens with zero attached hydrogens (tertiary/aromatic N) is 3. The summed E-state index contributed by atoms with van der Waals surface area (Å²) in [5.41, 5.74) is 0.864. The number of thiazole rings is 1. The average molecular weight is 335 g/mol. The second-order valence-electron chi connectivity index (χ2n) is 5.07. The number of rotatable bonds is 4. The molecule has 2 heterocycles. The van der Waals surface area contributed by atoms with Gasteiger partial charge < -0.3 is 10.6 Å². The molecule has 116 valence electrons. The van der Waals surface area contributed by atoms with Gasteiger partial charge in [0.1, 0.15) is 0 Å². The van der Waals surface area contributed by atoms with Gasteiger partial charge in [0.05, 0.1) is 10.6 Å². The van der Waals surface area contributed by atoms with Crippen LogP contribution < -0.4 is 10.6 Å². The molecule has 0 aliphatic heterocycles. The van der Waals surface area contributed by atoms with Crippen LogP contribution in [0.2, 0.25) is 0 Å². The van der Waals surface area contributed by atoms with E-state index in [1.54, 1.807) is 0 Å². The van der Waals surface area contributed by atoms with Crippen molar-refractivity contribution < 1.29 is 4.79 Å². The molecule has 22 heavy (non-hydrogen) atoms. The first-order valence-corrected chi connectivity index (χ1v) is 8.75. The van der Waals surface area contributed by atoms with Gasteiger partial charge in [0.15, 0.2) is 10.1 Å². The molecule has 6 nitrogen and oxygen atoms in total. The zero-order valence-corrected chi connectivity index (χ0v) is 14.1. The molecule has 0 bridgehead atoms. The number of amides is 1. The zero-order valence-electron chi connectivity index (χ0n) is 12.4. The number of anilines is 2. The van der Waals surface area contributed by atoms with Gasteiger partial charge in [0.2, 0.25) is 11.0 Å². The summed E-state index contributed by atoms with van der Waals surface area (Å²) in [6, 6.07) is 0. The third-order valence-electron chi connectivity index (χ3n) is 3.50. The van der Waals surface area contributed by atoms with Gasteiger partial charge in [-0.2, -0.15) is 0 Å². The Morgan fingerprint density at radius 3 is 2.82 bits per heavy atom. The van der Waals surface area contributed by atoms with Gasteiger partial charge in [-0.3, -0.25) is 4.79 Å². The minimum absolute atomic E-state index is 0.0510. The van der Waals surface area contributed by atoms with Crippen LogP contribution in [0.25, 0.3) is 9.88 Å². The Labute approximate surface area is 136 Å². The predicted octanol–water partition coefficient (Wildman–Crippen LogP) is 3.31. The maximum atomic E-state index is 12.3. The van der Waals surface area contributed by atoms with Crippen molar-refractivity contribution in [3.63, 3.8) is 0 Å². The third-order valence-corrected chi connectivity index (χ3v) is 5.67. The van der Waals surface area contributed by atoms with E-state index in [0.717, 1.165) is 40.0 Å². The Morgan fingerprint density at radius 2 is 2.14 bits per heavy atom. The van der Waals surface area contributed by atoms with Gasteiger partial charge in [0, 0.05) is 13.0 Å². The number of hydrogen-bond acceptors (Lipinski definition) is 7. The Bertz CT molecular complexity index is 706. The highest BCUT2D eigenvalue weighted by Gasteiger charge is 2.21. The first-order chi connectivity index (χ1) is 10.7. The lowest BCUT2D eigenvalue weighted by atomic mass is 9.94. The molecule has 3 rings (SSSR count). The summed E-state index contributed by atoms with van der Waals surface area (Å²) in [5.74, 6) is 0.105. The number of aryl methyl sites for hydroxylation is 1. The van der Waals surface area contributed by atoms with E-state index in [9.17, 15) is 4.79 Å². The highest BCUT2D eigenvalue weighted by Crippen LogP contribution is 2.36. The number of carbonyl (C=O) groups is 1. The Balaban J connectivity index is 1.74. The summed E-state index contributed by atoms with van der Waals surface area (Å²) >= 11 is 2.92. The third kappa shape index (κ3) is 3.17. The molecule has 0 fully saturated rings. The normalized spacial score (nSPS) is 17.5. The average Bonchev–Trinajstić information content (AvgIpc) is 3.14. The van der Waals surface area contributed by atoms with Gasteiger partial charge in [-0.25, -0.2) is 4.98 Å². The Kier molecular flexibility index (Phi) is 4.49. The molecule has 2 aromatic heterocycles. The van der Waals surface area contributed by atoms with Crippen LogP contribution in [0.4, 0.5) is 10.3 Å². The van der Waals surface area contributed by atoms with Gasteiger partial charge in [0.25, 0.3) is 0 Å². The Hall–Kier alpha value is -1.80. The highest BCUT2D eigenvalue weighted by molar-refractivity contribution is 7.25. The minimum atomic E-state index is 0.0510. The van der Waals surface area contributed by atoms with Crippen LogP contribution in [0.15, 0.2) is 12.2 Å². The zero-order chi connectivity index (χ0) is 15.5. The molecule has 8 heteroatoms. The molecule has 0 spiro atoms. The number of nitrogens with one attached hydrogen (secondary N) is 2. The topological polar surface area (TPSA) is 79.8 Å². The largest absolute Gasteiger partial charge is 0.363 e. The summed E-state index contributed by atoms with van der Waals surface area (Å²) in [6.45, 7) is 1.92. The van der Waals surface area contributed by atoms with E-state index >= 15 is 0 Å². The van der Waals surface area contributed by atoms with Crippen molar-refractivity contribution in [2.45, 2.75) is 26.2 Å². The molecule has 0 aromatic carbocycles. The molecule has 0 saturated heterocycles. The minimum Gasteiger partial charge on any atom is -0.363 e. The van der Waals surface area contributed by atoms with E-state index in [0.29, 0.717) is 5.13 Å². The quantitative estimate of drug-likeness (QED) is 0.838. The molecule has 1 atom stereocenters. The number of allylic oxidation sites excluding steroid dienone is 2. The van der Waals surface area contributed by atoms with Gasteiger partial charge >= 0.3 is 0 Å².